The molecule has 20 heavy (non-hydrogen) atoms. The van der Waals surface area contributed by atoms with Gasteiger partial charge in [-0.2, -0.15) is 0 Å². The van der Waals surface area contributed by atoms with Gasteiger partial charge in [0.1, 0.15) is 11.6 Å². The van der Waals surface area contributed by atoms with E-state index in [-0.39, 0.29) is 30.9 Å². The first-order valence-electron chi connectivity index (χ1n) is 5.23. The van der Waals surface area contributed by atoms with E-state index in [1.54, 1.807) is 0 Å². The molecule has 0 atom stereocenters. The second-order valence-corrected chi connectivity index (χ2v) is 5.68. The average molecular weight is 374 g/mol. The lowest BCUT2D eigenvalue weighted by molar-refractivity contribution is 0.413. The van der Waals surface area contributed by atoms with Crippen molar-refractivity contribution in [2.24, 2.45) is 0 Å². The average Bonchev–Trinajstić information content (AvgIpc) is 2.44. The Morgan fingerprint density at radius 2 is 1.35 bits per heavy atom. The van der Waals surface area contributed by atoms with Crippen molar-refractivity contribution >= 4 is 58.0 Å². The van der Waals surface area contributed by atoms with Crippen molar-refractivity contribution in [2.75, 3.05) is 7.11 Å². The fraction of sp³-hybridized carbons (Fsp3) is 0.0769. The van der Waals surface area contributed by atoms with Crippen molar-refractivity contribution in [3.63, 3.8) is 0 Å². The molecule has 0 saturated heterocycles. The first kappa shape index (κ1) is 16.0. The second kappa shape index (κ2) is 6.17. The van der Waals surface area contributed by atoms with Gasteiger partial charge in [-0.15, -0.1) is 0 Å². The molecule has 7 heteroatoms. The van der Waals surface area contributed by atoms with Gasteiger partial charge >= 0.3 is 0 Å². The van der Waals surface area contributed by atoms with Gasteiger partial charge in [0.05, 0.1) is 32.2 Å². The van der Waals surface area contributed by atoms with E-state index in [4.69, 9.17) is 62.7 Å². The fourth-order valence-electron chi connectivity index (χ4n) is 1.71. The van der Waals surface area contributed by atoms with E-state index in [0.29, 0.717) is 11.1 Å². The molecule has 0 radical (unpaired) electrons. The minimum atomic E-state index is -0.455. The molecule has 0 amide bonds. The third-order valence-corrected chi connectivity index (χ3v) is 4.92. The molecule has 2 rings (SSSR count). The molecule has 106 valence electrons. The standard InChI is InChI=1S/C13H6Cl5FO/c1-20-7-4-5(19)2-3-6(7)8-9(14)11(16)13(18)12(17)10(8)15/h2-4H,1H3. The summed E-state index contributed by atoms with van der Waals surface area (Å²) in [5.74, 6) is -0.202. The Bertz CT molecular complexity index is 658. The van der Waals surface area contributed by atoms with Crippen molar-refractivity contribution in [3.05, 3.63) is 49.1 Å². The predicted octanol–water partition coefficient (Wildman–Crippen LogP) is 6.77. The van der Waals surface area contributed by atoms with E-state index in [0.717, 1.165) is 0 Å². The first-order valence-corrected chi connectivity index (χ1v) is 7.12. The van der Waals surface area contributed by atoms with Crippen LogP contribution in [0.25, 0.3) is 11.1 Å². The maximum atomic E-state index is 13.3. The van der Waals surface area contributed by atoms with Crippen LogP contribution in [0, 0.1) is 5.82 Å². The molecule has 0 spiro atoms. The van der Waals surface area contributed by atoms with Gasteiger partial charge in [0, 0.05) is 17.2 Å². The van der Waals surface area contributed by atoms with Crippen LogP contribution in [-0.4, -0.2) is 7.11 Å². The van der Waals surface area contributed by atoms with E-state index in [1.165, 1.54) is 25.3 Å². The second-order valence-electron chi connectivity index (χ2n) is 3.79. The van der Waals surface area contributed by atoms with Crippen LogP contribution >= 0.6 is 58.0 Å². The van der Waals surface area contributed by atoms with Gasteiger partial charge in [0.25, 0.3) is 0 Å². The van der Waals surface area contributed by atoms with Crippen molar-refractivity contribution in [3.8, 4) is 16.9 Å². The highest BCUT2D eigenvalue weighted by molar-refractivity contribution is 6.56. The third kappa shape index (κ3) is 2.68. The number of hydrogen-bond acceptors (Lipinski definition) is 1. The lowest BCUT2D eigenvalue weighted by Crippen LogP contribution is -1.92. The molecule has 0 saturated carbocycles. The minimum Gasteiger partial charge on any atom is -0.496 e. The zero-order chi connectivity index (χ0) is 15.0. The van der Waals surface area contributed by atoms with Crippen LogP contribution in [0.1, 0.15) is 0 Å². The quantitative estimate of drug-likeness (QED) is 0.416. The highest BCUT2D eigenvalue weighted by Gasteiger charge is 2.22. The van der Waals surface area contributed by atoms with Gasteiger partial charge in [-0.1, -0.05) is 58.0 Å². The number of halogens is 6. The minimum absolute atomic E-state index is 0.0631. The number of benzene rings is 2. The molecule has 0 aromatic heterocycles. The van der Waals surface area contributed by atoms with E-state index in [1.807, 2.05) is 0 Å². The van der Waals surface area contributed by atoms with Crippen LogP contribution in [0.5, 0.6) is 5.75 Å². The van der Waals surface area contributed by atoms with Gasteiger partial charge in [0.2, 0.25) is 0 Å². The van der Waals surface area contributed by atoms with E-state index in [9.17, 15) is 4.39 Å². The summed E-state index contributed by atoms with van der Waals surface area (Å²) in [5.41, 5.74) is 0.800. The topological polar surface area (TPSA) is 9.23 Å². The maximum absolute atomic E-state index is 13.3. The van der Waals surface area contributed by atoms with Crippen molar-refractivity contribution in [1.29, 1.82) is 0 Å². The highest BCUT2D eigenvalue weighted by atomic mass is 35.5. The molecule has 0 fully saturated rings. The molecule has 0 unspecified atom stereocenters. The summed E-state index contributed by atoms with van der Waals surface area (Å²) in [4.78, 5) is 0. The first-order chi connectivity index (χ1) is 9.38. The van der Waals surface area contributed by atoms with Gasteiger partial charge in [0.15, 0.2) is 0 Å². The van der Waals surface area contributed by atoms with Crippen LogP contribution in [0.4, 0.5) is 4.39 Å². The lowest BCUT2D eigenvalue weighted by atomic mass is 10.0. The van der Waals surface area contributed by atoms with Crippen LogP contribution in [0.2, 0.25) is 25.1 Å². The summed E-state index contributed by atoms with van der Waals surface area (Å²) in [6, 6.07) is 3.93. The van der Waals surface area contributed by atoms with Crippen molar-refractivity contribution in [1.82, 2.24) is 0 Å². The van der Waals surface area contributed by atoms with Gasteiger partial charge in [-0.25, -0.2) is 4.39 Å². The molecular formula is C13H6Cl5FO. The Balaban J connectivity index is 2.83. The van der Waals surface area contributed by atoms with E-state index >= 15 is 0 Å². The van der Waals surface area contributed by atoms with Crippen LogP contribution in [0.15, 0.2) is 18.2 Å². The number of hydrogen-bond donors (Lipinski definition) is 0. The Kier molecular flexibility index (Phi) is 4.93. The summed E-state index contributed by atoms with van der Waals surface area (Å²) in [6.45, 7) is 0. The van der Waals surface area contributed by atoms with Crippen LogP contribution in [0.3, 0.4) is 0 Å². The van der Waals surface area contributed by atoms with Crippen molar-refractivity contribution in [2.45, 2.75) is 0 Å². The third-order valence-electron chi connectivity index (χ3n) is 2.64. The molecule has 0 N–H and O–H groups in total. The predicted molar refractivity (Wildman–Crippen MR) is 83.4 cm³/mol. The Hall–Kier alpha value is -0.380. The summed E-state index contributed by atoms with van der Waals surface area (Å²) < 4.78 is 18.4. The molecule has 0 bridgehead atoms. The summed E-state index contributed by atoms with van der Waals surface area (Å²) in [7, 11) is 1.40. The van der Waals surface area contributed by atoms with Gasteiger partial charge in [-0.05, 0) is 12.1 Å². The van der Waals surface area contributed by atoms with Gasteiger partial charge in [-0.3, -0.25) is 0 Å². The van der Waals surface area contributed by atoms with Crippen molar-refractivity contribution < 1.29 is 9.13 Å². The van der Waals surface area contributed by atoms with Gasteiger partial charge < -0.3 is 4.74 Å². The molecule has 0 aliphatic rings. The summed E-state index contributed by atoms with van der Waals surface area (Å²) >= 11 is 30.3. The monoisotopic (exact) mass is 372 g/mol. The maximum Gasteiger partial charge on any atom is 0.129 e. The Morgan fingerprint density at radius 3 is 1.85 bits per heavy atom. The molecule has 1 nitrogen and oxygen atoms in total. The molecule has 0 aliphatic carbocycles. The molecule has 2 aromatic carbocycles. The van der Waals surface area contributed by atoms with Crippen LogP contribution in [-0.2, 0) is 0 Å². The Morgan fingerprint density at radius 1 is 0.850 bits per heavy atom. The number of rotatable bonds is 2. The number of ether oxygens (including phenoxy) is 1. The number of methoxy groups -OCH3 is 1. The SMILES string of the molecule is COc1cc(F)ccc1-c1c(Cl)c(Cl)c(Cl)c(Cl)c1Cl. The lowest BCUT2D eigenvalue weighted by Gasteiger charge is -2.15. The fourth-order valence-corrected chi connectivity index (χ4v) is 3.05. The molecule has 0 aliphatic heterocycles. The van der Waals surface area contributed by atoms with E-state index in [2.05, 4.69) is 0 Å². The molecule has 0 heterocycles. The normalized spacial score (nSPS) is 10.8. The summed E-state index contributed by atoms with van der Waals surface area (Å²) in [6.07, 6.45) is 0. The zero-order valence-corrected chi connectivity index (χ0v) is 13.7. The Labute approximate surface area is 140 Å². The highest BCUT2D eigenvalue weighted by Crippen LogP contribution is 2.50. The molecular weight excluding hydrogens is 368 g/mol. The van der Waals surface area contributed by atoms with Crippen LogP contribution < -0.4 is 4.74 Å². The smallest absolute Gasteiger partial charge is 0.129 e. The molecule has 2 aromatic rings. The summed E-state index contributed by atoms with van der Waals surface area (Å²) in [5, 5.41) is 0.452. The van der Waals surface area contributed by atoms with E-state index < -0.39 is 5.82 Å². The zero-order valence-electron chi connectivity index (χ0n) is 9.91. The largest absolute Gasteiger partial charge is 0.496 e.